The number of carbonyl (C=O) groups excluding carboxylic acids is 1. The molecule has 3 fully saturated rings. The summed E-state index contributed by atoms with van der Waals surface area (Å²) in [6.07, 6.45) is 10.0. The van der Waals surface area contributed by atoms with Gasteiger partial charge in [-0.3, -0.25) is 4.79 Å². The summed E-state index contributed by atoms with van der Waals surface area (Å²) >= 11 is 0. The largest absolute Gasteiger partial charge is 0.356 e. The van der Waals surface area contributed by atoms with Gasteiger partial charge in [0.05, 0.1) is 0 Å². The van der Waals surface area contributed by atoms with Crippen LogP contribution in [0, 0.1) is 29.6 Å². The highest BCUT2D eigenvalue weighted by Gasteiger charge is 2.39. The summed E-state index contributed by atoms with van der Waals surface area (Å²) in [7, 11) is 0. The number of hydrogen-bond donors (Lipinski definition) is 2. The van der Waals surface area contributed by atoms with Crippen LogP contribution in [0.25, 0.3) is 0 Å². The Morgan fingerprint density at radius 2 is 1.84 bits per heavy atom. The molecule has 2 bridgehead atoms. The average molecular weight is 264 g/mol. The minimum atomic E-state index is 0.265. The molecular formula is C16H28N2O. The van der Waals surface area contributed by atoms with Crippen molar-refractivity contribution in [1.29, 1.82) is 0 Å². The SMILES string of the molecule is NCC1CCC(C(=O)NCC2CC3CCC2C3)CC1. The van der Waals surface area contributed by atoms with Gasteiger partial charge in [-0.15, -0.1) is 0 Å². The van der Waals surface area contributed by atoms with Crippen LogP contribution < -0.4 is 11.1 Å². The van der Waals surface area contributed by atoms with Crippen LogP contribution in [0.4, 0.5) is 0 Å². The lowest BCUT2D eigenvalue weighted by Gasteiger charge is -2.28. The fourth-order valence-electron chi connectivity index (χ4n) is 4.66. The van der Waals surface area contributed by atoms with Crippen molar-refractivity contribution in [3.05, 3.63) is 0 Å². The number of carbonyl (C=O) groups is 1. The Morgan fingerprint density at radius 1 is 1.05 bits per heavy atom. The quantitative estimate of drug-likeness (QED) is 0.818. The van der Waals surface area contributed by atoms with E-state index < -0.39 is 0 Å². The molecule has 3 atom stereocenters. The molecule has 0 aromatic carbocycles. The van der Waals surface area contributed by atoms with Gasteiger partial charge in [0.1, 0.15) is 0 Å². The lowest BCUT2D eigenvalue weighted by atomic mass is 9.81. The van der Waals surface area contributed by atoms with Gasteiger partial charge in [-0.2, -0.15) is 0 Å². The molecule has 3 rings (SSSR count). The number of nitrogens with two attached hydrogens (primary N) is 1. The van der Waals surface area contributed by atoms with Gasteiger partial charge < -0.3 is 11.1 Å². The number of hydrogen-bond acceptors (Lipinski definition) is 2. The molecule has 0 heterocycles. The maximum absolute atomic E-state index is 12.2. The first-order valence-corrected chi connectivity index (χ1v) is 8.24. The lowest BCUT2D eigenvalue weighted by Crippen LogP contribution is -2.37. The third-order valence-electron chi connectivity index (χ3n) is 5.97. The molecule has 3 saturated carbocycles. The second kappa shape index (κ2) is 5.82. The van der Waals surface area contributed by atoms with Gasteiger partial charge in [-0.05, 0) is 75.2 Å². The van der Waals surface area contributed by atoms with E-state index in [4.69, 9.17) is 5.73 Å². The van der Waals surface area contributed by atoms with E-state index in [9.17, 15) is 4.79 Å². The molecule has 3 aliphatic rings. The van der Waals surface area contributed by atoms with Gasteiger partial charge in [0.15, 0.2) is 0 Å². The summed E-state index contributed by atoms with van der Waals surface area (Å²) < 4.78 is 0. The summed E-state index contributed by atoms with van der Waals surface area (Å²) in [5, 5.41) is 3.24. The van der Waals surface area contributed by atoms with E-state index in [0.29, 0.717) is 11.8 Å². The Labute approximate surface area is 116 Å². The van der Waals surface area contributed by atoms with Gasteiger partial charge in [-0.1, -0.05) is 6.42 Å². The van der Waals surface area contributed by atoms with Crippen LogP contribution in [-0.2, 0) is 4.79 Å². The summed E-state index contributed by atoms with van der Waals surface area (Å²) in [4.78, 5) is 12.2. The van der Waals surface area contributed by atoms with Crippen LogP contribution >= 0.6 is 0 Å². The highest BCUT2D eigenvalue weighted by molar-refractivity contribution is 5.78. The fraction of sp³-hybridized carbons (Fsp3) is 0.938. The molecule has 0 saturated heterocycles. The molecule has 3 aliphatic carbocycles. The second-order valence-corrected chi connectivity index (χ2v) is 7.13. The maximum Gasteiger partial charge on any atom is 0.223 e. The number of nitrogens with one attached hydrogen (secondary N) is 1. The molecule has 0 aromatic rings. The van der Waals surface area contributed by atoms with E-state index in [2.05, 4.69) is 5.32 Å². The predicted octanol–water partition coefficient (Wildman–Crippen LogP) is 2.30. The molecule has 108 valence electrons. The van der Waals surface area contributed by atoms with E-state index in [1.165, 1.54) is 25.7 Å². The van der Waals surface area contributed by atoms with Crippen molar-refractivity contribution < 1.29 is 4.79 Å². The third kappa shape index (κ3) is 2.96. The zero-order chi connectivity index (χ0) is 13.2. The van der Waals surface area contributed by atoms with Crippen LogP contribution in [0.5, 0.6) is 0 Å². The van der Waals surface area contributed by atoms with Crippen molar-refractivity contribution in [3.63, 3.8) is 0 Å². The smallest absolute Gasteiger partial charge is 0.223 e. The third-order valence-corrected chi connectivity index (χ3v) is 5.97. The summed E-state index contributed by atoms with van der Waals surface area (Å²) in [5.41, 5.74) is 5.70. The first kappa shape index (κ1) is 13.4. The Hall–Kier alpha value is -0.570. The summed E-state index contributed by atoms with van der Waals surface area (Å²) in [6.45, 7) is 1.73. The number of rotatable bonds is 4. The van der Waals surface area contributed by atoms with Crippen molar-refractivity contribution in [2.24, 2.45) is 35.3 Å². The van der Waals surface area contributed by atoms with E-state index in [0.717, 1.165) is 56.5 Å². The normalized spacial score (nSPS) is 41.4. The second-order valence-electron chi connectivity index (χ2n) is 7.13. The van der Waals surface area contributed by atoms with E-state index in [1.54, 1.807) is 0 Å². The van der Waals surface area contributed by atoms with Gasteiger partial charge >= 0.3 is 0 Å². The van der Waals surface area contributed by atoms with Crippen LogP contribution in [-0.4, -0.2) is 19.0 Å². The lowest BCUT2D eigenvalue weighted by molar-refractivity contribution is -0.126. The molecule has 3 N–H and O–H groups in total. The molecule has 0 aliphatic heterocycles. The van der Waals surface area contributed by atoms with E-state index >= 15 is 0 Å². The number of amides is 1. The topological polar surface area (TPSA) is 55.1 Å². The maximum atomic E-state index is 12.2. The number of fused-ring (bicyclic) bond motifs is 2. The molecule has 0 spiro atoms. The van der Waals surface area contributed by atoms with Crippen molar-refractivity contribution in [2.45, 2.75) is 51.4 Å². The first-order chi connectivity index (χ1) is 9.26. The highest BCUT2D eigenvalue weighted by Crippen LogP contribution is 2.47. The van der Waals surface area contributed by atoms with E-state index in [-0.39, 0.29) is 5.92 Å². The minimum absolute atomic E-state index is 0.265. The molecule has 3 heteroatoms. The minimum Gasteiger partial charge on any atom is -0.356 e. The Bertz CT molecular complexity index is 323. The molecule has 3 unspecified atom stereocenters. The summed E-state index contributed by atoms with van der Waals surface area (Å²) in [6, 6.07) is 0. The molecule has 0 radical (unpaired) electrons. The van der Waals surface area contributed by atoms with Crippen molar-refractivity contribution >= 4 is 5.91 Å². The Kier molecular flexibility index (Phi) is 4.11. The first-order valence-electron chi connectivity index (χ1n) is 8.24. The van der Waals surface area contributed by atoms with Gasteiger partial charge in [0.2, 0.25) is 5.91 Å². The molecule has 19 heavy (non-hydrogen) atoms. The summed E-state index contributed by atoms with van der Waals surface area (Å²) in [5.74, 6) is 3.92. The van der Waals surface area contributed by atoms with Gasteiger partial charge in [0, 0.05) is 12.5 Å². The molecule has 0 aromatic heterocycles. The van der Waals surface area contributed by atoms with Crippen LogP contribution in [0.15, 0.2) is 0 Å². The molecular weight excluding hydrogens is 236 g/mol. The zero-order valence-corrected chi connectivity index (χ0v) is 11.9. The van der Waals surface area contributed by atoms with Crippen molar-refractivity contribution in [1.82, 2.24) is 5.32 Å². The van der Waals surface area contributed by atoms with Crippen LogP contribution in [0.3, 0.4) is 0 Å². The fourth-order valence-corrected chi connectivity index (χ4v) is 4.66. The monoisotopic (exact) mass is 264 g/mol. The highest BCUT2D eigenvalue weighted by atomic mass is 16.1. The van der Waals surface area contributed by atoms with Gasteiger partial charge in [-0.25, -0.2) is 0 Å². The van der Waals surface area contributed by atoms with Crippen molar-refractivity contribution in [3.8, 4) is 0 Å². The zero-order valence-electron chi connectivity index (χ0n) is 11.9. The van der Waals surface area contributed by atoms with Gasteiger partial charge in [0.25, 0.3) is 0 Å². The Balaban J connectivity index is 1.40. The molecule has 3 nitrogen and oxygen atoms in total. The molecule has 1 amide bonds. The standard InChI is InChI=1S/C16H28N2O/c17-9-11-1-4-13(5-2-11)16(19)18-10-15-8-12-3-6-14(15)7-12/h11-15H,1-10,17H2,(H,18,19). The van der Waals surface area contributed by atoms with Crippen LogP contribution in [0.2, 0.25) is 0 Å². The average Bonchev–Trinajstić information content (AvgIpc) is 3.07. The Morgan fingerprint density at radius 3 is 2.42 bits per heavy atom. The van der Waals surface area contributed by atoms with Crippen LogP contribution in [0.1, 0.15) is 51.4 Å². The van der Waals surface area contributed by atoms with E-state index in [1.807, 2.05) is 0 Å². The van der Waals surface area contributed by atoms with Crippen molar-refractivity contribution in [2.75, 3.05) is 13.1 Å². The predicted molar refractivity (Wildman–Crippen MR) is 76.5 cm³/mol.